The van der Waals surface area contributed by atoms with Crippen molar-refractivity contribution in [3.05, 3.63) is 48.0 Å². The van der Waals surface area contributed by atoms with Gasteiger partial charge in [-0.25, -0.2) is 18.6 Å². The Labute approximate surface area is 174 Å². The number of fused-ring (bicyclic) bond motifs is 1. The Hall–Kier alpha value is -2.78. The van der Waals surface area contributed by atoms with Crippen LogP contribution in [0.25, 0.3) is 10.9 Å². The van der Waals surface area contributed by atoms with Gasteiger partial charge in [-0.05, 0) is 36.8 Å². The summed E-state index contributed by atoms with van der Waals surface area (Å²) in [5, 5.41) is 4.06. The third-order valence-corrected chi connectivity index (χ3v) is 5.27. The molecule has 0 bridgehead atoms. The first-order chi connectivity index (χ1) is 14.3. The van der Waals surface area contributed by atoms with Crippen LogP contribution in [0.3, 0.4) is 0 Å². The van der Waals surface area contributed by atoms with Gasteiger partial charge in [-0.15, -0.1) is 0 Å². The Kier molecular flexibility index (Phi) is 5.57. The molecule has 0 aliphatic carbocycles. The lowest BCUT2D eigenvalue weighted by Gasteiger charge is -2.17. The van der Waals surface area contributed by atoms with Crippen LogP contribution in [0.4, 0.5) is 21.6 Å². The highest BCUT2D eigenvalue weighted by Gasteiger charge is 2.20. The zero-order valence-corrected chi connectivity index (χ0v) is 17.8. The number of aryl methyl sites for hydroxylation is 1. The number of rotatable bonds is 5. The lowest BCUT2D eigenvalue weighted by molar-refractivity contribution is 0.141. The summed E-state index contributed by atoms with van der Waals surface area (Å²) in [7, 11) is -2.29. The first-order valence-corrected chi connectivity index (χ1v) is 11.8. The van der Waals surface area contributed by atoms with Crippen LogP contribution >= 0.6 is 0 Å². The molecule has 30 heavy (non-hydrogen) atoms. The zero-order chi connectivity index (χ0) is 21.3. The maximum Gasteiger partial charge on any atom is 0.146 e. The predicted octanol–water partition coefficient (Wildman–Crippen LogP) is 4.35. The lowest BCUT2D eigenvalue weighted by atomic mass is 10.1. The van der Waals surface area contributed by atoms with Gasteiger partial charge in [0.15, 0.2) is 0 Å². The molecule has 1 aliphatic heterocycles. The van der Waals surface area contributed by atoms with Crippen molar-refractivity contribution in [1.82, 2.24) is 9.97 Å². The Morgan fingerprint density at radius 2 is 2.10 bits per heavy atom. The molecule has 1 aliphatic rings. The number of anilines is 2. The molecule has 1 N–H and O–H groups in total. The average Bonchev–Trinajstić information content (AvgIpc) is 3.15. The van der Waals surface area contributed by atoms with Crippen LogP contribution in [0.2, 0.25) is 0 Å². The fourth-order valence-corrected chi connectivity index (χ4v) is 4.00. The van der Waals surface area contributed by atoms with Crippen LogP contribution in [0.5, 0.6) is 5.75 Å². The minimum Gasteiger partial charge on any atom is -0.486 e. The van der Waals surface area contributed by atoms with Crippen molar-refractivity contribution in [1.29, 1.82) is 0 Å². The topological polar surface area (TPSA) is 85.7 Å². The molecule has 158 valence electrons. The maximum absolute atomic E-state index is 13.9. The van der Waals surface area contributed by atoms with E-state index in [0.29, 0.717) is 41.7 Å². The van der Waals surface area contributed by atoms with Gasteiger partial charge in [0.25, 0.3) is 0 Å². The van der Waals surface area contributed by atoms with Crippen LogP contribution in [-0.4, -0.2) is 46.0 Å². The van der Waals surface area contributed by atoms with Gasteiger partial charge in [0, 0.05) is 40.1 Å². The van der Waals surface area contributed by atoms with E-state index in [9.17, 15) is 8.60 Å². The fraction of sp³-hybridized carbons (Fsp3) is 0.333. The summed E-state index contributed by atoms with van der Waals surface area (Å²) < 4.78 is 41.5. The number of hydrogen-bond donors (Lipinski definition) is 1. The van der Waals surface area contributed by atoms with Crippen LogP contribution in [0.1, 0.15) is 12.0 Å². The molecule has 9 heteroatoms. The second-order valence-electron chi connectivity index (χ2n) is 7.52. The predicted molar refractivity (Wildman–Crippen MR) is 116 cm³/mol. The van der Waals surface area contributed by atoms with E-state index in [0.717, 1.165) is 17.4 Å². The van der Waals surface area contributed by atoms with E-state index in [1.54, 1.807) is 24.6 Å². The number of hydrogen-bond acceptors (Lipinski definition) is 7. The molecule has 0 saturated carbocycles. The molecule has 1 aromatic heterocycles. The van der Waals surface area contributed by atoms with Crippen LogP contribution in [0.15, 0.2) is 41.0 Å². The number of nitrogens with one attached hydrogen (secondary N) is 1. The molecule has 3 aromatic rings. The summed E-state index contributed by atoms with van der Waals surface area (Å²) in [5.41, 5.74) is 2.75. The standard InChI is InChI=1S/C21H23FN4O3S/c1-13-8-15(26-30(2,3)27)10-18-20(13)21(24-12-23-18)25-17-5-4-14(22)9-19(17)29-16-6-7-28-11-16/h4-5,8-10,12,16H,6-7,11H2,1-3H3,(H,23,24,25)/t16-/m1/s1. The number of aromatic nitrogens is 2. The highest BCUT2D eigenvalue weighted by molar-refractivity contribution is 7.92. The minimum absolute atomic E-state index is 0.113. The van der Waals surface area contributed by atoms with Gasteiger partial charge in [0.1, 0.15) is 29.8 Å². The van der Waals surface area contributed by atoms with Crippen molar-refractivity contribution in [3.63, 3.8) is 0 Å². The highest BCUT2D eigenvalue weighted by atomic mass is 32.2. The van der Waals surface area contributed by atoms with Gasteiger partial charge in [0.05, 0.1) is 30.1 Å². The normalized spacial score (nSPS) is 16.6. The summed E-state index contributed by atoms with van der Waals surface area (Å²) in [6.45, 7) is 3.03. The molecular formula is C21H23FN4O3S. The second-order valence-corrected chi connectivity index (χ2v) is 10.1. The number of nitrogens with zero attached hydrogens (tertiary/aromatic N) is 3. The van der Waals surface area contributed by atoms with Gasteiger partial charge >= 0.3 is 0 Å². The summed E-state index contributed by atoms with van der Waals surface area (Å²) in [5.74, 6) is 0.585. The van der Waals surface area contributed by atoms with Gasteiger partial charge in [-0.1, -0.05) is 0 Å². The third kappa shape index (κ3) is 4.68. The third-order valence-electron chi connectivity index (χ3n) is 4.62. The molecule has 0 radical (unpaired) electrons. The van der Waals surface area contributed by atoms with Crippen LogP contribution < -0.4 is 10.1 Å². The fourth-order valence-electron chi connectivity index (χ4n) is 3.38. The molecule has 2 heterocycles. The second kappa shape index (κ2) is 8.16. The molecule has 7 nitrogen and oxygen atoms in total. The molecule has 4 rings (SSSR count). The SMILES string of the molecule is Cc1cc(N=S(C)(C)=O)cc2ncnc(Nc3ccc(F)cc3O[C@@H]3CCOC3)c12. The molecule has 1 saturated heterocycles. The number of ether oxygens (including phenoxy) is 2. The first kappa shape index (κ1) is 20.5. The van der Waals surface area contributed by atoms with Crippen molar-refractivity contribution in [2.24, 2.45) is 4.36 Å². The van der Waals surface area contributed by atoms with E-state index < -0.39 is 9.73 Å². The largest absolute Gasteiger partial charge is 0.486 e. The Balaban J connectivity index is 1.73. The average molecular weight is 431 g/mol. The summed E-state index contributed by atoms with van der Waals surface area (Å²) in [4.78, 5) is 8.72. The smallest absolute Gasteiger partial charge is 0.146 e. The summed E-state index contributed by atoms with van der Waals surface area (Å²) >= 11 is 0. The Morgan fingerprint density at radius 1 is 1.27 bits per heavy atom. The lowest BCUT2D eigenvalue weighted by Crippen LogP contribution is -2.16. The van der Waals surface area contributed by atoms with Crippen LogP contribution in [0, 0.1) is 12.7 Å². The maximum atomic E-state index is 13.9. The molecule has 0 spiro atoms. The number of halogens is 1. The minimum atomic E-state index is -2.29. The summed E-state index contributed by atoms with van der Waals surface area (Å²) in [6, 6.07) is 7.97. The van der Waals surface area contributed by atoms with Gasteiger partial charge in [-0.2, -0.15) is 4.36 Å². The Morgan fingerprint density at radius 3 is 2.83 bits per heavy atom. The molecule has 2 aromatic carbocycles. The van der Waals surface area contributed by atoms with Gasteiger partial charge < -0.3 is 14.8 Å². The van der Waals surface area contributed by atoms with Crippen molar-refractivity contribution >= 4 is 37.8 Å². The Bertz CT molecular complexity index is 1210. The van der Waals surface area contributed by atoms with Crippen molar-refractivity contribution < 1.29 is 18.1 Å². The first-order valence-electron chi connectivity index (χ1n) is 9.52. The highest BCUT2D eigenvalue weighted by Crippen LogP contribution is 2.34. The molecular weight excluding hydrogens is 407 g/mol. The van der Waals surface area contributed by atoms with Gasteiger partial charge in [0.2, 0.25) is 0 Å². The van der Waals surface area contributed by atoms with E-state index in [-0.39, 0.29) is 11.9 Å². The number of benzene rings is 2. The van der Waals surface area contributed by atoms with Crippen molar-refractivity contribution in [2.75, 3.05) is 31.0 Å². The molecule has 0 amide bonds. The van der Waals surface area contributed by atoms with Crippen LogP contribution in [-0.2, 0) is 14.5 Å². The van der Waals surface area contributed by atoms with E-state index >= 15 is 0 Å². The molecule has 1 fully saturated rings. The van der Waals surface area contributed by atoms with Crippen molar-refractivity contribution in [2.45, 2.75) is 19.4 Å². The monoisotopic (exact) mass is 430 g/mol. The molecule has 0 unspecified atom stereocenters. The zero-order valence-electron chi connectivity index (χ0n) is 17.0. The van der Waals surface area contributed by atoms with E-state index in [1.165, 1.54) is 18.5 Å². The van der Waals surface area contributed by atoms with E-state index in [1.807, 2.05) is 13.0 Å². The quantitative estimate of drug-likeness (QED) is 0.648. The molecule has 1 atom stereocenters. The van der Waals surface area contributed by atoms with E-state index in [2.05, 4.69) is 19.6 Å². The van der Waals surface area contributed by atoms with Crippen molar-refractivity contribution in [3.8, 4) is 5.75 Å². The van der Waals surface area contributed by atoms with Gasteiger partial charge in [-0.3, -0.25) is 0 Å². The summed E-state index contributed by atoms with van der Waals surface area (Å²) in [6.07, 6.45) is 5.27. The van der Waals surface area contributed by atoms with E-state index in [4.69, 9.17) is 9.47 Å².